The fraction of sp³-hybridized carbons (Fsp3) is 0.433. The summed E-state index contributed by atoms with van der Waals surface area (Å²) in [5, 5.41) is 24.1. The summed E-state index contributed by atoms with van der Waals surface area (Å²) in [5.41, 5.74) is 8.68. The van der Waals surface area contributed by atoms with Crippen LogP contribution in [0.25, 0.3) is 0 Å². The van der Waals surface area contributed by atoms with E-state index >= 15 is 0 Å². The third kappa shape index (κ3) is 2.88. The van der Waals surface area contributed by atoms with Gasteiger partial charge in [-0.15, -0.1) is 11.3 Å². The molecule has 1 spiro atoms. The van der Waals surface area contributed by atoms with E-state index in [4.69, 9.17) is 15.2 Å². The lowest BCUT2D eigenvalue weighted by molar-refractivity contribution is -0.172. The number of thiophene rings is 1. The molecule has 1 saturated heterocycles. The highest BCUT2D eigenvalue weighted by atomic mass is 32.1. The Labute approximate surface area is 224 Å². The zero-order chi connectivity index (χ0) is 25.8. The molecule has 2 aliphatic heterocycles. The molecule has 0 unspecified atom stereocenters. The van der Waals surface area contributed by atoms with Gasteiger partial charge in [-0.25, -0.2) is 4.79 Å². The minimum atomic E-state index is -1.09. The lowest BCUT2D eigenvalue weighted by Gasteiger charge is -2.62. The number of esters is 1. The molecule has 1 aromatic heterocycles. The molecule has 4 N–H and O–H groups in total. The van der Waals surface area contributed by atoms with Crippen molar-refractivity contribution in [3.05, 3.63) is 75.2 Å². The Hall–Kier alpha value is -3.07. The van der Waals surface area contributed by atoms with Crippen molar-refractivity contribution in [1.29, 1.82) is 0 Å². The van der Waals surface area contributed by atoms with Gasteiger partial charge in [0.05, 0.1) is 11.0 Å². The number of nitrogens with zero attached hydrogens (tertiary/aromatic N) is 1. The monoisotopic (exact) mass is 530 g/mol. The van der Waals surface area contributed by atoms with Crippen LogP contribution in [0.3, 0.4) is 0 Å². The first kappa shape index (κ1) is 22.9. The topological polar surface area (TPSA) is 105 Å². The van der Waals surface area contributed by atoms with Gasteiger partial charge in [-0.3, -0.25) is 4.90 Å². The number of aromatic hydroxyl groups is 1. The van der Waals surface area contributed by atoms with E-state index in [1.807, 2.05) is 36.4 Å². The van der Waals surface area contributed by atoms with Crippen LogP contribution >= 0.6 is 11.3 Å². The van der Waals surface area contributed by atoms with Gasteiger partial charge >= 0.3 is 5.97 Å². The number of fused-ring (bicyclic) bond motifs is 2. The van der Waals surface area contributed by atoms with Crippen molar-refractivity contribution in [2.24, 2.45) is 5.92 Å². The van der Waals surface area contributed by atoms with Crippen LogP contribution < -0.4 is 10.5 Å². The van der Waals surface area contributed by atoms with Gasteiger partial charge in [-0.2, -0.15) is 0 Å². The molecule has 196 valence electrons. The lowest BCUT2D eigenvalue weighted by Crippen LogP contribution is -2.74. The average Bonchev–Trinajstić information content (AvgIpc) is 3.56. The predicted molar refractivity (Wildman–Crippen MR) is 143 cm³/mol. The average molecular weight is 531 g/mol. The number of piperidine rings is 1. The van der Waals surface area contributed by atoms with Gasteiger partial charge in [0.1, 0.15) is 23.3 Å². The van der Waals surface area contributed by atoms with Gasteiger partial charge in [0.15, 0.2) is 11.5 Å². The predicted octanol–water partition coefficient (Wildman–Crippen LogP) is 4.09. The summed E-state index contributed by atoms with van der Waals surface area (Å²) in [6.07, 6.45) is 3.71. The fourth-order valence-electron chi connectivity index (χ4n) is 7.84. The summed E-state index contributed by atoms with van der Waals surface area (Å²) < 4.78 is 12.4. The van der Waals surface area contributed by atoms with E-state index in [-0.39, 0.29) is 18.4 Å². The van der Waals surface area contributed by atoms with E-state index in [0.29, 0.717) is 41.5 Å². The number of ether oxygens (including phenoxy) is 2. The van der Waals surface area contributed by atoms with Gasteiger partial charge in [0.25, 0.3) is 0 Å². The second-order valence-electron chi connectivity index (χ2n) is 11.7. The van der Waals surface area contributed by atoms with Crippen LogP contribution in [0.2, 0.25) is 0 Å². The molecule has 2 bridgehead atoms. The first-order valence-corrected chi connectivity index (χ1v) is 14.3. The van der Waals surface area contributed by atoms with Gasteiger partial charge in [0.2, 0.25) is 0 Å². The highest BCUT2D eigenvalue weighted by molar-refractivity contribution is 7.16. The Kier molecular flexibility index (Phi) is 4.66. The van der Waals surface area contributed by atoms with Crippen molar-refractivity contribution in [2.45, 2.75) is 61.9 Å². The molecule has 8 rings (SSSR count). The molecule has 2 aromatic carbocycles. The number of benzene rings is 2. The Balaban J connectivity index is 1.26. The number of hydrogen-bond donors (Lipinski definition) is 3. The number of nitrogen functional groups attached to an aromatic ring is 1. The molecule has 5 aliphatic rings. The normalized spacial score (nSPS) is 30.3. The van der Waals surface area contributed by atoms with Crippen molar-refractivity contribution in [2.75, 3.05) is 18.8 Å². The van der Waals surface area contributed by atoms with Gasteiger partial charge in [0, 0.05) is 35.0 Å². The van der Waals surface area contributed by atoms with Crippen LogP contribution in [0.1, 0.15) is 62.9 Å². The van der Waals surface area contributed by atoms with Crippen molar-refractivity contribution in [3.8, 4) is 11.5 Å². The van der Waals surface area contributed by atoms with Crippen LogP contribution in [0.5, 0.6) is 11.5 Å². The number of carbonyl (C=O) groups excluding carboxylic acids is 1. The van der Waals surface area contributed by atoms with E-state index in [2.05, 4.69) is 4.90 Å². The van der Waals surface area contributed by atoms with Crippen LogP contribution in [0.15, 0.2) is 42.5 Å². The summed E-state index contributed by atoms with van der Waals surface area (Å²) >= 11 is 1.36. The molecule has 8 heteroatoms. The Bertz CT molecular complexity index is 1480. The number of hydrogen-bond acceptors (Lipinski definition) is 8. The van der Waals surface area contributed by atoms with Crippen molar-refractivity contribution < 1.29 is 24.5 Å². The van der Waals surface area contributed by atoms with E-state index in [9.17, 15) is 15.0 Å². The number of rotatable bonds is 5. The third-order valence-corrected chi connectivity index (χ3v) is 10.7. The number of anilines is 1. The molecule has 2 fully saturated rings. The van der Waals surface area contributed by atoms with Crippen LogP contribution in [0.4, 0.5) is 5.00 Å². The van der Waals surface area contributed by atoms with Gasteiger partial charge in [-0.05, 0) is 55.3 Å². The minimum absolute atomic E-state index is 0.0594. The summed E-state index contributed by atoms with van der Waals surface area (Å²) in [6.45, 7) is 2.00. The number of aliphatic hydroxyl groups is 1. The molecule has 3 aromatic rings. The summed E-state index contributed by atoms with van der Waals surface area (Å²) in [7, 11) is 0. The van der Waals surface area contributed by atoms with Crippen LogP contribution in [-0.2, 0) is 29.6 Å². The lowest BCUT2D eigenvalue weighted by atomic mass is 9.49. The SMILES string of the molecule is Nc1sc2c(c1C(=O)OCc1ccccc1)[C@@H]1Oc3c(O)ccc4c3[C@@]13CCN(CC1CC1)[C@H](C4)[C@]3(O)C2. The molecular weight excluding hydrogens is 500 g/mol. The maximum atomic E-state index is 13.5. The number of likely N-dealkylation sites (tertiary alicyclic amines) is 1. The molecule has 7 nitrogen and oxygen atoms in total. The number of phenolic OH excluding ortho intramolecular Hbond substituents is 1. The molecule has 0 amide bonds. The van der Waals surface area contributed by atoms with Gasteiger partial charge in [-0.1, -0.05) is 36.4 Å². The zero-order valence-corrected chi connectivity index (χ0v) is 21.8. The summed E-state index contributed by atoms with van der Waals surface area (Å²) in [4.78, 5) is 16.9. The minimum Gasteiger partial charge on any atom is -0.504 e. The molecule has 1 saturated carbocycles. The van der Waals surface area contributed by atoms with Crippen LogP contribution in [0, 0.1) is 5.92 Å². The maximum absolute atomic E-state index is 13.5. The van der Waals surface area contributed by atoms with Crippen molar-refractivity contribution in [1.82, 2.24) is 4.90 Å². The van der Waals surface area contributed by atoms with E-state index in [0.717, 1.165) is 40.2 Å². The Morgan fingerprint density at radius 3 is 2.82 bits per heavy atom. The number of phenols is 1. The van der Waals surface area contributed by atoms with Crippen LogP contribution in [-0.4, -0.2) is 45.8 Å². The quantitative estimate of drug-likeness (QED) is 0.427. The van der Waals surface area contributed by atoms with Crippen molar-refractivity contribution >= 4 is 22.3 Å². The highest BCUT2D eigenvalue weighted by Crippen LogP contribution is 2.70. The molecule has 38 heavy (non-hydrogen) atoms. The smallest absolute Gasteiger partial charge is 0.341 e. The maximum Gasteiger partial charge on any atom is 0.341 e. The zero-order valence-electron chi connectivity index (χ0n) is 21.0. The Morgan fingerprint density at radius 2 is 2.03 bits per heavy atom. The van der Waals surface area contributed by atoms with E-state index in [1.165, 1.54) is 24.2 Å². The summed E-state index contributed by atoms with van der Waals surface area (Å²) in [5.74, 6) is 0.753. The first-order valence-electron chi connectivity index (χ1n) is 13.5. The van der Waals surface area contributed by atoms with Gasteiger partial charge < -0.3 is 25.4 Å². The summed E-state index contributed by atoms with van der Waals surface area (Å²) in [6, 6.07) is 13.2. The standard InChI is InChI=1S/C30H30N2O5S/c31-27-23(28(34)36-15-17-4-2-1-3-5-17)22-20(38-27)13-30(35)21-12-18-8-9-19(33)25-24(18)29(30,26(22)37-25)10-11-32(21)14-16-6-7-16/h1-5,8-9,16,21,26,33,35H,6-7,10-15,31H2/t21-,26+,29+,30-/m1/s1. The van der Waals surface area contributed by atoms with Crippen molar-refractivity contribution in [3.63, 3.8) is 0 Å². The fourth-order valence-corrected chi connectivity index (χ4v) is 9.01. The first-order chi connectivity index (χ1) is 18.4. The second-order valence-corrected chi connectivity index (χ2v) is 12.8. The van der Waals surface area contributed by atoms with E-state index in [1.54, 1.807) is 6.07 Å². The second kappa shape index (κ2) is 7.74. The molecular formula is C30H30N2O5S. The largest absolute Gasteiger partial charge is 0.504 e. The number of nitrogens with two attached hydrogens (primary N) is 1. The van der Waals surface area contributed by atoms with E-state index < -0.39 is 23.1 Å². The Morgan fingerprint density at radius 1 is 1.21 bits per heavy atom. The molecule has 3 aliphatic carbocycles. The third-order valence-electron chi connectivity index (χ3n) is 9.67. The number of carbonyl (C=O) groups is 1. The molecule has 3 heterocycles. The molecule has 0 radical (unpaired) electrons. The molecule has 4 atom stereocenters. The highest BCUT2D eigenvalue weighted by Gasteiger charge is 2.73.